The van der Waals surface area contributed by atoms with Crippen molar-refractivity contribution in [1.29, 1.82) is 0 Å². The molecule has 3 N–H and O–H groups in total. The van der Waals surface area contributed by atoms with Gasteiger partial charge in [0.15, 0.2) is 12.6 Å². The number of nitrogens with one attached hydrogen (secondary N) is 3. The van der Waals surface area contributed by atoms with Crippen LogP contribution in [0.3, 0.4) is 0 Å². The van der Waals surface area contributed by atoms with Gasteiger partial charge >= 0.3 is 0 Å². The Morgan fingerprint density at radius 2 is 1.27 bits per heavy atom. The molecule has 3 aliphatic heterocycles. The molecule has 12 rings (SSSR count). The van der Waals surface area contributed by atoms with Gasteiger partial charge in [0.1, 0.15) is 12.3 Å². The number of benzene rings is 5. The molecule has 2 unspecified atom stereocenters. The third-order valence-electron chi connectivity index (χ3n) is 13.6. The quantitative estimate of drug-likeness (QED) is 0.0934. The number of carbonyl (C=O) groups is 2. The Morgan fingerprint density at radius 1 is 0.730 bits per heavy atom. The number of carbonyl (C=O) groups excluding carboxylic acids is 2. The lowest BCUT2D eigenvalue weighted by Crippen LogP contribution is -2.26. The highest BCUT2D eigenvalue weighted by atomic mass is 16.6. The molecular weight excluding hydrogens is 779 g/mol. The Bertz CT molecular complexity index is 3610. The number of H-pyrrole nitrogens is 2. The van der Waals surface area contributed by atoms with Crippen LogP contribution in [0, 0.1) is 27.3 Å². The summed E-state index contributed by atoms with van der Waals surface area (Å²) in [5, 5.41) is 15.1. The van der Waals surface area contributed by atoms with E-state index in [2.05, 4.69) is 122 Å². The first-order valence-corrected chi connectivity index (χ1v) is 22.4. The zero-order chi connectivity index (χ0) is 42.8. The molecule has 2 atom stereocenters. The van der Waals surface area contributed by atoms with E-state index >= 15 is 0 Å². The minimum atomic E-state index is -0.147. The lowest BCUT2D eigenvalue weighted by molar-refractivity contribution is 0.111. The van der Waals surface area contributed by atoms with Gasteiger partial charge < -0.3 is 14.7 Å². The molecule has 0 bridgehead atoms. The van der Waals surface area contributed by atoms with Crippen molar-refractivity contribution < 1.29 is 14.3 Å². The van der Waals surface area contributed by atoms with Crippen LogP contribution in [0.2, 0.25) is 0 Å². The van der Waals surface area contributed by atoms with E-state index in [1.54, 1.807) is 0 Å². The molecule has 8 nitrogen and oxygen atoms in total. The number of ether oxygens (including phenoxy) is 1. The van der Waals surface area contributed by atoms with Gasteiger partial charge in [0, 0.05) is 66.0 Å². The first kappa shape index (κ1) is 38.0. The van der Waals surface area contributed by atoms with Crippen molar-refractivity contribution in [3.05, 3.63) is 146 Å². The summed E-state index contributed by atoms with van der Waals surface area (Å²) in [6, 6.07) is 16.9. The van der Waals surface area contributed by atoms with E-state index in [0.717, 1.165) is 159 Å². The number of aromatic nitrogens is 4. The van der Waals surface area contributed by atoms with Crippen LogP contribution < -0.4 is 5.32 Å². The topological polar surface area (TPSA) is 116 Å². The zero-order valence-corrected chi connectivity index (χ0v) is 35.9. The molecule has 4 aliphatic carbocycles. The number of hydrogen-bond acceptors (Lipinski definition) is 6. The molecule has 8 heteroatoms. The third-order valence-corrected chi connectivity index (χ3v) is 13.6. The average Bonchev–Trinajstić information content (AvgIpc) is 3.88. The van der Waals surface area contributed by atoms with Crippen molar-refractivity contribution in [2.24, 2.45) is 5.92 Å². The SMILES string of the molecule is C=C(CC(C)C)c1ccc2c3nc4c(C5=CC=CCC5)c5[nH]c6c7ccc(C8OC8NC(C)C)c8c(C=O)ccc(c=6nc5c(C5=CC=CCC5)c4[nH]c=3c3ccc(C=O)c1c23)c87. The standard InChI is InChI=1S/C55H47N5O3/c1-27(2)24-29(5)34-20-21-37-44-35(18-16-32(25-61)40(34)44)46-48(37)59-52-43(31-14-10-7-11-15-31)53-51(42(50(52)57-46)30-12-8-6-9-13-30)58-47-36-19-17-33(26-62)41-39(54-55(63-54)56-28(3)4)23-22-38(45(36)41)49(47)60-53/h6-8,10,12,14,16-23,25-28,54-57,60H,5,9,11,13,15,24H2,1-4H3. The highest BCUT2D eigenvalue weighted by Crippen LogP contribution is 2.47. The first-order valence-electron chi connectivity index (χ1n) is 22.4. The average molecular weight is 826 g/mol. The maximum atomic E-state index is 12.8. The lowest BCUT2D eigenvalue weighted by atomic mass is 9.89. The van der Waals surface area contributed by atoms with E-state index in [-0.39, 0.29) is 18.4 Å². The molecule has 7 aliphatic rings. The maximum absolute atomic E-state index is 12.8. The number of aromatic amines is 2. The predicted molar refractivity (Wildman–Crippen MR) is 255 cm³/mol. The molecule has 0 saturated carbocycles. The van der Waals surface area contributed by atoms with Gasteiger partial charge in [-0.2, -0.15) is 0 Å². The number of aldehydes is 2. The fourth-order valence-corrected chi connectivity index (χ4v) is 10.9. The summed E-state index contributed by atoms with van der Waals surface area (Å²) in [7, 11) is 0. The minimum absolute atomic E-state index is 0.103. The first-order chi connectivity index (χ1) is 30.7. The van der Waals surface area contributed by atoms with Gasteiger partial charge in [-0.3, -0.25) is 14.9 Å². The fraction of sp³-hybridized carbons (Fsp3) is 0.236. The smallest absolute Gasteiger partial charge is 0.150 e. The van der Waals surface area contributed by atoms with E-state index in [1.807, 2.05) is 12.1 Å². The van der Waals surface area contributed by atoms with E-state index in [0.29, 0.717) is 17.0 Å². The van der Waals surface area contributed by atoms with Crippen LogP contribution in [0.1, 0.15) is 109 Å². The largest absolute Gasteiger partial charge is 0.351 e. The lowest BCUT2D eigenvalue weighted by Gasteiger charge is -2.20. The van der Waals surface area contributed by atoms with Crippen LogP contribution in [0.25, 0.3) is 81.9 Å². The van der Waals surface area contributed by atoms with Crippen LogP contribution >= 0.6 is 0 Å². The molecule has 5 aromatic carbocycles. The van der Waals surface area contributed by atoms with Gasteiger partial charge in [0.25, 0.3) is 0 Å². The molecule has 63 heavy (non-hydrogen) atoms. The summed E-state index contributed by atoms with van der Waals surface area (Å²) < 4.78 is 6.18. The second-order valence-corrected chi connectivity index (χ2v) is 18.4. The van der Waals surface area contributed by atoms with Crippen molar-refractivity contribution in [2.75, 3.05) is 0 Å². The molecule has 3 heterocycles. The monoisotopic (exact) mass is 825 g/mol. The van der Waals surface area contributed by atoms with Gasteiger partial charge in [0.2, 0.25) is 0 Å². The highest BCUT2D eigenvalue weighted by molar-refractivity contribution is 6.21. The summed E-state index contributed by atoms with van der Waals surface area (Å²) in [5.74, 6) is 0.424. The van der Waals surface area contributed by atoms with Crippen LogP contribution in [-0.2, 0) is 4.74 Å². The molecule has 0 spiro atoms. The van der Waals surface area contributed by atoms with Gasteiger partial charge in [-0.05, 0) is 85.1 Å². The van der Waals surface area contributed by atoms with Crippen LogP contribution in [0.4, 0.5) is 0 Å². The van der Waals surface area contributed by atoms with Crippen LogP contribution in [-0.4, -0.2) is 44.8 Å². The molecule has 1 fully saturated rings. The van der Waals surface area contributed by atoms with Gasteiger partial charge in [-0.1, -0.05) is 105 Å². The number of allylic oxidation sites excluding steroid dienone is 9. The molecule has 5 aromatic rings. The van der Waals surface area contributed by atoms with Crippen molar-refractivity contribution in [3.63, 3.8) is 0 Å². The molecule has 1 saturated heterocycles. The van der Waals surface area contributed by atoms with Crippen molar-refractivity contribution >= 4 is 94.4 Å². The summed E-state index contributed by atoms with van der Waals surface area (Å²) in [5.41, 5.74) is 12.4. The Kier molecular flexibility index (Phi) is 8.52. The number of rotatable bonds is 10. The summed E-state index contributed by atoms with van der Waals surface area (Å²) in [4.78, 5) is 45.1. The molecule has 0 radical (unpaired) electrons. The Balaban J connectivity index is 1.23. The van der Waals surface area contributed by atoms with Gasteiger partial charge in [-0.15, -0.1) is 0 Å². The summed E-state index contributed by atoms with van der Waals surface area (Å²) in [6.45, 7) is 13.1. The fourth-order valence-electron chi connectivity index (χ4n) is 10.9. The second-order valence-electron chi connectivity index (χ2n) is 18.4. The molecule has 310 valence electrons. The third kappa shape index (κ3) is 5.60. The number of fused-ring (bicyclic) bond motifs is 6. The number of epoxide rings is 1. The van der Waals surface area contributed by atoms with Crippen molar-refractivity contribution in [1.82, 2.24) is 25.3 Å². The van der Waals surface area contributed by atoms with E-state index in [1.165, 1.54) is 11.1 Å². The number of hydrogen-bond donors (Lipinski definition) is 3. The van der Waals surface area contributed by atoms with Crippen molar-refractivity contribution in [3.8, 4) is 0 Å². The Labute approximate surface area is 363 Å². The number of nitrogens with zero attached hydrogens (tertiary/aromatic N) is 2. The normalized spacial score (nSPS) is 17.9. The Hall–Kier alpha value is -6.74. The second kappa shape index (κ2) is 14.1. The van der Waals surface area contributed by atoms with E-state index in [4.69, 9.17) is 14.7 Å². The summed E-state index contributed by atoms with van der Waals surface area (Å²) in [6.07, 6.45) is 19.3. The van der Waals surface area contributed by atoms with E-state index in [9.17, 15) is 9.59 Å². The Morgan fingerprint density at radius 3 is 1.81 bits per heavy atom. The molecule has 0 aromatic heterocycles. The van der Waals surface area contributed by atoms with Crippen LogP contribution in [0.15, 0.2) is 91.6 Å². The van der Waals surface area contributed by atoms with Crippen molar-refractivity contribution in [2.45, 2.75) is 78.2 Å². The minimum Gasteiger partial charge on any atom is -0.351 e. The van der Waals surface area contributed by atoms with E-state index < -0.39 is 0 Å². The van der Waals surface area contributed by atoms with Gasteiger partial charge in [0.05, 0.1) is 43.5 Å². The zero-order valence-electron chi connectivity index (χ0n) is 35.9. The maximum Gasteiger partial charge on any atom is 0.150 e. The van der Waals surface area contributed by atoms with Crippen LogP contribution in [0.5, 0.6) is 0 Å². The predicted octanol–water partition coefficient (Wildman–Crippen LogP) is 12.5. The summed E-state index contributed by atoms with van der Waals surface area (Å²) >= 11 is 0. The highest BCUT2D eigenvalue weighted by Gasteiger charge is 2.42. The molecular formula is C55H47N5O3. The van der Waals surface area contributed by atoms with Gasteiger partial charge in [-0.25, -0.2) is 9.97 Å². The molecule has 0 amide bonds.